The smallest absolute Gasteiger partial charge is 0.0802 e. The molecule has 1 atom stereocenters. The highest BCUT2D eigenvalue weighted by atomic mass is 16.5. The number of nitrogens with zero attached hydrogens (tertiary/aromatic N) is 1. The lowest BCUT2D eigenvalue weighted by Gasteiger charge is -2.47. The van der Waals surface area contributed by atoms with E-state index in [0.29, 0.717) is 19.2 Å². The third-order valence-corrected chi connectivity index (χ3v) is 2.75. The van der Waals surface area contributed by atoms with Gasteiger partial charge in [0.05, 0.1) is 25.4 Å². The van der Waals surface area contributed by atoms with Crippen molar-refractivity contribution in [1.29, 1.82) is 0 Å². The molecule has 1 saturated heterocycles. The van der Waals surface area contributed by atoms with E-state index in [4.69, 9.17) is 10.5 Å². The fourth-order valence-corrected chi connectivity index (χ4v) is 1.93. The van der Waals surface area contributed by atoms with E-state index in [0.717, 1.165) is 13.2 Å². The molecule has 0 aromatic carbocycles. The van der Waals surface area contributed by atoms with Gasteiger partial charge in [0.25, 0.3) is 0 Å². The molecular formula is C9H20N2O2. The fourth-order valence-electron chi connectivity index (χ4n) is 1.93. The largest absolute Gasteiger partial charge is 0.394 e. The number of aliphatic hydroxyl groups excluding tert-OH is 1. The highest BCUT2D eigenvalue weighted by Crippen LogP contribution is 2.21. The standard InChI is InChI=1S/C9H20N2O2/c1-8(2)11-3-4-13-7-9(11,5-10)6-12/h8,12H,3-7,10H2,1-2H3. The molecule has 3 N–H and O–H groups in total. The molecule has 78 valence electrons. The molecule has 0 bridgehead atoms. The topological polar surface area (TPSA) is 58.7 Å². The predicted molar refractivity (Wildman–Crippen MR) is 51.5 cm³/mol. The quantitative estimate of drug-likeness (QED) is 0.622. The maximum absolute atomic E-state index is 9.36. The summed E-state index contributed by atoms with van der Waals surface area (Å²) < 4.78 is 5.37. The summed E-state index contributed by atoms with van der Waals surface area (Å²) in [7, 11) is 0. The highest BCUT2D eigenvalue weighted by molar-refractivity contribution is 4.95. The Balaban J connectivity index is 2.75. The van der Waals surface area contributed by atoms with E-state index in [-0.39, 0.29) is 12.1 Å². The molecule has 4 heteroatoms. The molecule has 1 aliphatic rings. The van der Waals surface area contributed by atoms with E-state index in [1.54, 1.807) is 0 Å². The Labute approximate surface area is 79.7 Å². The van der Waals surface area contributed by atoms with Crippen LogP contribution in [0.15, 0.2) is 0 Å². The lowest BCUT2D eigenvalue weighted by Crippen LogP contribution is -2.65. The number of rotatable bonds is 3. The first-order chi connectivity index (χ1) is 6.16. The van der Waals surface area contributed by atoms with E-state index in [2.05, 4.69) is 18.7 Å². The molecule has 0 aromatic heterocycles. The molecule has 0 aliphatic carbocycles. The van der Waals surface area contributed by atoms with Crippen LogP contribution in [0.5, 0.6) is 0 Å². The van der Waals surface area contributed by atoms with Crippen LogP contribution in [0.25, 0.3) is 0 Å². The summed E-state index contributed by atoms with van der Waals surface area (Å²) in [5.41, 5.74) is 5.34. The van der Waals surface area contributed by atoms with Crippen LogP contribution in [0.2, 0.25) is 0 Å². The van der Waals surface area contributed by atoms with E-state index in [1.807, 2.05) is 0 Å². The second-order valence-electron chi connectivity index (χ2n) is 3.93. The van der Waals surface area contributed by atoms with Gasteiger partial charge in [0.2, 0.25) is 0 Å². The van der Waals surface area contributed by atoms with Crippen molar-refractivity contribution in [3.8, 4) is 0 Å². The van der Waals surface area contributed by atoms with Gasteiger partial charge in [-0.25, -0.2) is 0 Å². The van der Waals surface area contributed by atoms with Gasteiger partial charge in [0, 0.05) is 19.1 Å². The molecule has 0 aromatic rings. The highest BCUT2D eigenvalue weighted by Gasteiger charge is 2.39. The van der Waals surface area contributed by atoms with Gasteiger partial charge in [0.15, 0.2) is 0 Å². The van der Waals surface area contributed by atoms with Crippen molar-refractivity contribution in [3.63, 3.8) is 0 Å². The van der Waals surface area contributed by atoms with E-state index in [1.165, 1.54) is 0 Å². The fraction of sp³-hybridized carbons (Fsp3) is 1.00. The number of ether oxygens (including phenoxy) is 1. The Morgan fingerprint density at radius 3 is 2.69 bits per heavy atom. The summed E-state index contributed by atoms with van der Waals surface area (Å²) in [5.74, 6) is 0. The van der Waals surface area contributed by atoms with E-state index >= 15 is 0 Å². The maximum atomic E-state index is 9.36. The summed E-state index contributed by atoms with van der Waals surface area (Å²) in [6, 6.07) is 0.402. The average molecular weight is 188 g/mol. The summed E-state index contributed by atoms with van der Waals surface area (Å²) in [6.45, 7) is 6.88. The first kappa shape index (κ1) is 10.9. The Hall–Kier alpha value is -0.160. The Morgan fingerprint density at radius 1 is 1.62 bits per heavy atom. The monoisotopic (exact) mass is 188 g/mol. The number of aliphatic hydroxyl groups is 1. The molecule has 0 amide bonds. The maximum Gasteiger partial charge on any atom is 0.0802 e. The first-order valence-electron chi connectivity index (χ1n) is 4.82. The molecular weight excluding hydrogens is 168 g/mol. The van der Waals surface area contributed by atoms with Crippen molar-refractivity contribution >= 4 is 0 Å². The molecule has 4 nitrogen and oxygen atoms in total. The van der Waals surface area contributed by atoms with Crippen molar-refractivity contribution in [2.24, 2.45) is 5.73 Å². The minimum absolute atomic E-state index is 0.0711. The molecule has 1 rings (SSSR count). The molecule has 1 heterocycles. The third kappa shape index (κ3) is 2.02. The van der Waals surface area contributed by atoms with Crippen molar-refractivity contribution in [1.82, 2.24) is 4.90 Å². The molecule has 1 fully saturated rings. The summed E-state index contributed by atoms with van der Waals surface area (Å²) in [4.78, 5) is 2.23. The van der Waals surface area contributed by atoms with Gasteiger partial charge in [-0.05, 0) is 13.8 Å². The zero-order chi connectivity index (χ0) is 9.90. The molecule has 1 aliphatic heterocycles. The van der Waals surface area contributed by atoms with Crippen molar-refractivity contribution in [3.05, 3.63) is 0 Å². The van der Waals surface area contributed by atoms with Crippen LogP contribution in [-0.4, -0.2) is 54.5 Å². The zero-order valence-electron chi connectivity index (χ0n) is 8.49. The van der Waals surface area contributed by atoms with Crippen LogP contribution >= 0.6 is 0 Å². The second kappa shape index (κ2) is 4.37. The lowest BCUT2D eigenvalue weighted by molar-refractivity contribution is -0.0997. The van der Waals surface area contributed by atoms with Gasteiger partial charge < -0.3 is 15.6 Å². The summed E-state index contributed by atoms with van der Waals surface area (Å²) in [5, 5.41) is 9.36. The normalized spacial score (nSPS) is 31.2. The number of morpholine rings is 1. The summed E-state index contributed by atoms with van der Waals surface area (Å²) >= 11 is 0. The van der Waals surface area contributed by atoms with Crippen LogP contribution in [-0.2, 0) is 4.74 Å². The predicted octanol–water partition coefficient (Wildman–Crippen LogP) is -0.583. The van der Waals surface area contributed by atoms with Crippen molar-refractivity contribution < 1.29 is 9.84 Å². The minimum Gasteiger partial charge on any atom is -0.394 e. The Bertz CT molecular complexity index is 158. The Kier molecular flexibility index (Phi) is 3.67. The van der Waals surface area contributed by atoms with Gasteiger partial charge in [-0.3, -0.25) is 4.90 Å². The lowest BCUT2D eigenvalue weighted by atomic mass is 9.96. The minimum atomic E-state index is -0.355. The molecule has 0 radical (unpaired) electrons. The van der Waals surface area contributed by atoms with E-state index in [9.17, 15) is 5.11 Å². The van der Waals surface area contributed by atoms with Crippen molar-refractivity contribution in [2.45, 2.75) is 25.4 Å². The second-order valence-corrected chi connectivity index (χ2v) is 3.93. The van der Waals surface area contributed by atoms with Crippen molar-refractivity contribution in [2.75, 3.05) is 32.9 Å². The van der Waals surface area contributed by atoms with Crippen LogP contribution < -0.4 is 5.73 Å². The first-order valence-corrected chi connectivity index (χ1v) is 4.82. The average Bonchev–Trinajstić information content (AvgIpc) is 2.17. The number of hydrogen-bond acceptors (Lipinski definition) is 4. The summed E-state index contributed by atoms with van der Waals surface area (Å²) in [6.07, 6.45) is 0. The number of hydrogen-bond donors (Lipinski definition) is 2. The zero-order valence-corrected chi connectivity index (χ0v) is 8.49. The van der Waals surface area contributed by atoms with Gasteiger partial charge in [0.1, 0.15) is 0 Å². The molecule has 0 spiro atoms. The Morgan fingerprint density at radius 2 is 2.31 bits per heavy atom. The molecule has 1 unspecified atom stereocenters. The van der Waals surface area contributed by atoms with Crippen LogP contribution in [0, 0.1) is 0 Å². The molecule has 0 saturated carbocycles. The van der Waals surface area contributed by atoms with Crippen LogP contribution in [0.3, 0.4) is 0 Å². The van der Waals surface area contributed by atoms with E-state index < -0.39 is 0 Å². The molecule has 13 heavy (non-hydrogen) atoms. The van der Waals surface area contributed by atoms with Gasteiger partial charge >= 0.3 is 0 Å². The van der Waals surface area contributed by atoms with Crippen LogP contribution in [0.1, 0.15) is 13.8 Å². The number of nitrogens with two attached hydrogens (primary N) is 1. The third-order valence-electron chi connectivity index (χ3n) is 2.75. The van der Waals surface area contributed by atoms with Gasteiger partial charge in [-0.1, -0.05) is 0 Å². The van der Waals surface area contributed by atoms with Gasteiger partial charge in [-0.15, -0.1) is 0 Å². The SMILES string of the molecule is CC(C)N1CCOCC1(CN)CO. The van der Waals surface area contributed by atoms with Crippen LogP contribution in [0.4, 0.5) is 0 Å². The van der Waals surface area contributed by atoms with Gasteiger partial charge in [-0.2, -0.15) is 0 Å².